The monoisotopic (exact) mass is 244 g/mol. The van der Waals surface area contributed by atoms with Gasteiger partial charge in [-0.1, -0.05) is 6.92 Å². The minimum absolute atomic E-state index is 0.0688. The van der Waals surface area contributed by atoms with Crippen molar-refractivity contribution in [1.82, 2.24) is 15.2 Å². The zero-order valence-electron chi connectivity index (χ0n) is 11.5. The standard InChI is InChI=1S/C12H28N4O/c1-4-16(11-7-9-15(2)3)10-6-5-8-12(17)14-13/h4-11,13H2,1-3H3,(H,14,17). The lowest BCUT2D eigenvalue weighted by atomic mass is 10.2. The van der Waals surface area contributed by atoms with Gasteiger partial charge in [-0.25, -0.2) is 5.84 Å². The molecule has 0 heterocycles. The Morgan fingerprint density at radius 2 is 1.76 bits per heavy atom. The van der Waals surface area contributed by atoms with E-state index >= 15 is 0 Å². The van der Waals surface area contributed by atoms with Gasteiger partial charge in [-0.15, -0.1) is 0 Å². The third kappa shape index (κ3) is 10.2. The number of rotatable bonds is 10. The molecule has 3 N–H and O–H groups in total. The number of hydrogen-bond acceptors (Lipinski definition) is 4. The van der Waals surface area contributed by atoms with Gasteiger partial charge in [0.05, 0.1) is 0 Å². The topological polar surface area (TPSA) is 61.6 Å². The van der Waals surface area contributed by atoms with Gasteiger partial charge in [0.1, 0.15) is 0 Å². The number of carbonyl (C=O) groups excluding carboxylic acids is 1. The van der Waals surface area contributed by atoms with Gasteiger partial charge in [0.2, 0.25) is 5.91 Å². The van der Waals surface area contributed by atoms with Gasteiger partial charge in [0, 0.05) is 6.42 Å². The van der Waals surface area contributed by atoms with Crippen LogP contribution in [0.15, 0.2) is 0 Å². The van der Waals surface area contributed by atoms with Crippen LogP contribution in [0.2, 0.25) is 0 Å². The minimum atomic E-state index is -0.0688. The second kappa shape index (κ2) is 10.5. The molecule has 0 atom stereocenters. The van der Waals surface area contributed by atoms with E-state index < -0.39 is 0 Å². The summed E-state index contributed by atoms with van der Waals surface area (Å²) in [6.45, 7) is 6.60. The number of hydrazine groups is 1. The molecule has 5 nitrogen and oxygen atoms in total. The highest BCUT2D eigenvalue weighted by atomic mass is 16.2. The first kappa shape index (κ1) is 16.4. The van der Waals surface area contributed by atoms with Gasteiger partial charge >= 0.3 is 0 Å². The molecule has 0 radical (unpaired) electrons. The maximum Gasteiger partial charge on any atom is 0.233 e. The smallest absolute Gasteiger partial charge is 0.233 e. The quantitative estimate of drug-likeness (QED) is 0.253. The predicted octanol–water partition coefficient (Wildman–Crippen LogP) is 0.420. The average molecular weight is 244 g/mol. The summed E-state index contributed by atoms with van der Waals surface area (Å²) in [7, 11) is 4.20. The lowest BCUT2D eigenvalue weighted by molar-refractivity contribution is -0.121. The molecule has 102 valence electrons. The molecule has 0 saturated heterocycles. The van der Waals surface area contributed by atoms with Gasteiger partial charge in [0.25, 0.3) is 0 Å². The van der Waals surface area contributed by atoms with E-state index in [1.165, 1.54) is 6.42 Å². The van der Waals surface area contributed by atoms with Crippen molar-refractivity contribution in [2.45, 2.75) is 32.6 Å². The molecule has 0 aromatic rings. The molecule has 0 aliphatic rings. The molecule has 0 bridgehead atoms. The van der Waals surface area contributed by atoms with Gasteiger partial charge in [-0.3, -0.25) is 10.2 Å². The lowest BCUT2D eigenvalue weighted by Crippen LogP contribution is -2.30. The van der Waals surface area contributed by atoms with E-state index in [9.17, 15) is 4.79 Å². The third-order valence-electron chi connectivity index (χ3n) is 2.82. The van der Waals surface area contributed by atoms with Crippen LogP contribution < -0.4 is 11.3 Å². The fourth-order valence-electron chi connectivity index (χ4n) is 1.73. The largest absolute Gasteiger partial charge is 0.309 e. The van der Waals surface area contributed by atoms with Crippen molar-refractivity contribution in [1.29, 1.82) is 0 Å². The Hall–Kier alpha value is -0.650. The number of carbonyl (C=O) groups is 1. The van der Waals surface area contributed by atoms with Crippen LogP contribution in [0.25, 0.3) is 0 Å². The van der Waals surface area contributed by atoms with Crippen molar-refractivity contribution in [3.05, 3.63) is 0 Å². The normalized spacial score (nSPS) is 11.2. The van der Waals surface area contributed by atoms with Crippen LogP contribution in [0.3, 0.4) is 0 Å². The molecule has 0 rings (SSSR count). The number of nitrogens with zero attached hydrogens (tertiary/aromatic N) is 2. The van der Waals surface area contributed by atoms with Crippen LogP contribution >= 0.6 is 0 Å². The summed E-state index contributed by atoms with van der Waals surface area (Å²) in [4.78, 5) is 15.6. The Bertz CT molecular complexity index is 197. The molecule has 17 heavy (non-hydrogen) atoms. The van der Waals surface area contributed by atoms with Crippen LogP contribution in [0.1, 0.15) is 32.6 Å². The lowest BCUT2D eigenvalue weighted by Gasteiger charge is -2.21. The molecule has 0 saturated carbocycles. The van der Waals surface area contributed by atoms with E-state index in [-0.39, 0.29) is 5.91 Å². The maximum atomic E-state index is 10.9. The number of hydrogen-bond donors (Lipinski definition) is 2. The van der Waals surface area contributed by atoms with E-state index in [0.29, 0.717) is 6.42 Å². The molecule has 0 aromatic carbocycles. The predicted molar refractivity (Wildman–Crippen MR) is 71.5 cm³/mol. The number of amides is 1. The second-order valence-electron chi connectivity index (χ2n) is 4.62. The molecule has 0 fully saturated rings. The van der Waals surface area contributed by atoms with Crippen LogP contribution in [0.4, 0.5) is 0 Å². The molecule has 0 unspecified atom stereocenters. The van der Waals surface area contributed by atoms with Crippen LogP contribution in [-0.4, -0.2) is 56.0 Å². The van der Waals surface area contributed by atoms with E-state index in [1.54, 1.807) is 0 Å². The fraction of sp³-hybridized carbons (Fsp3) is 0.917. The fourth-order valence-corrected chi connectivity index (χ4v) is 1.73. The summed E-state index contributed by atoms with van der Waals surface area (Å²) in [5, 5.41) is 0. The van der Waals surface area contributed by atoms with Crippen LogP contribution in [0.5, 0.6) is 0 Å². The summed E-state index contributed by atoms with van der Waals surface area (Å²) in [6.07, 6.45) is 3.70. The first-order chi connectivity index (χ1) is 8.10. The van der Waals surface area contributed by atoms with E-state index in [0.717, 1.165) is 39.0 Å². The van der Waals surface area contributed by atoms with Gasteiger partial charge in [-0.2, -0.15) is 0 Å². The number of nitrogens with one attached hydrogen (secondary N) is 1. The third-order valence-corrected chi connectivity index (χ3v) is 2.82. The highest BCUT2D eigenvalue weighted by molar-refractivity contribution is 5.75. The Labute approximate surface area is 105 Å². The summed E-state index contributed by atoms with van der Waals surface area (Å²) in [6, 6.07) is 0. The molecule has 0 aliphatic heterocycles. The summed E-state index contributed by atoms with van der Waals surface area (Å²) >= 11 is 0. The Morgan fingerprint density at radius 1 is 1.12 bits per heavy atom. The zero-order valence-corrected chi connectivity index (χ0v) is 11.5. The molecular weight excluding hydrogens is 216 g/mol. The molecule has 5 heteroatoms. The first-order valence-corrected chi connectivity index (χ1v) is 6.46. The van der Waals surface area contributed by atoms with E-state index in [1.807, 2.05) is 0 Å². The zero-order chi connectivity index (χ0) is 13.1. The number of unbranched alkanes of at least 4 members (excludes halogenated alkanes) is 1. The van der Waals surface area contributed by atoms with Gasteiger partial charge in [0.15, 0.2) is 0 Å². The second-order valence-corrected chi connectivity index (χ2v) is 4.62. The molecule has 0 aliphatic carbocycles. The van der Waals surface area contributed by atoms with Crippen molar-refractivity contribution in [3.63, 3.8) is 0 Å². The SMILES string of the molecule is CCN(CCCCC(=O)NN)CCCN(C)C. The summed E-state index contributed by atoms with van der Waals surface area (Å²) < 4.78 is 0. The van der Waals surface area contributed by atoms with Gasteiger partial charge in [-0.05, 0) is 59.5 Å². The first-order valence-electron chi connectivity index (χ1n) is 6.46. The summed E-state index contributed by atoms with van der Waals surface area (Å²) in [5.41, 5.74) is 2.16. The van der Waals surface area contributed by atoms with Crippen LogP contribution in [-0.2, 0) is 4.79 Å². The maximum absolute atomic E-state index is 10.9. The molecular formula is C12H28N4O. The molecule has 0 aromatic heterocycles. The Kier molecular flexibility index (Phi) is 10.1. The Balaban J connectivity index is 3.50. The Morgan fingerprint density at radius 3 is 2.29 bits per heavy atom. The van der Waals surface area contributed by atoms with Crippen LogP contribution in [0, 0.1) is 0 Å². The molecule has 1 amide bonds. The van der Waals surface area contributed by atoms with Crippen molar-refractivity contribution in [2.75, 3.05) is 40.3 Å². The van der Waals surface area contributed by atoms with E-state index in [4.69, 9.17) is 5.84 Å². The molecule has 0 spiro atoms. The van der Waals surface area contributed by atoms with Crippen molar-refractivity contribution < 1.29 is 4.79 Å². The minimum Gasteiger partial charge on any atom is -0.309 e. The highest BCUT2D eigenvalue weighted by Crippen LogP contribution is 2.00. The van der Waals surface area contributed by atoms with Gasteiger partial charge < -0.3 is 9.80 Å². The highest BCUT2D eigenvalue weighted by Gasteiger charge is 2.03. The van der Waals surface area contributed by atoms with Crippen molar-refractivity contribution >= 4 is 5.91 Å². The van der Waals surface area contributed by atoms with Crippen molar-refractivity contribution in [2.24, 2.45) is 5.84 Å². The number of nitrogens with two attached hydrogens (primary N) is 1. The van der Waals surface area contributed by atoms with E-state index in [2.05, 4.69) is 36.2 Å². The summed E-state index contributed by atoms with van der Waals surface area (Å²) in [5.74, 6) is 4.95. The average Bonchev–Trinajstić information content (AvgIpc) is 2.31. The van der Waals surface area contributed by atoms with Crippen molar-refractivity contribution in [3.8, 4) is 0 Å².